The van der Waals surface area contributed by atoms with E-state index in [9.17, 15) is 4.79 Å². The minimum absolute atomic E-state index is 0.179. The van der Waals surface area contributed by atoms with E-state index in [0.717, 1.165) is 34.3 Å². The lowest BCUT2D eigenvalue weighted by molar-refractivity contribution is -0.129. The molecule has 0 aliphatic rings. The Morgan fingerprint density at radius 1 is 1.00 bits per heavy atom. The first-order chi connectivity index (χ1) is 14.8. The van der Waals surface area contributed by atoms with E-state index in [4.69, 9.17) is 0 Å². The minimum atomic E-state index is 0.179. The zero-order chi connectivity index (χ0) is 21.0. The van der Waals surface area contributed by atoms with Crippen molar-refractivity contribution in [2.75, 3.05) is 12.3 Å². The maximum Gasteiger partial charge on any atom is 0.233 e. The molecule has 158 valence electrons. The normalized spacial score (nSPS) is 11.0. The number of nitrogens with zero attached hydrogens (tertiary/aromatic N) is 3. The Balaban J connectivity index is 1.61. The standard InChI is InChI=1S/C25H31N3OS/c1-2-3-4-5-6-9-16-28(25(29)20-30-23-12-14-26-15-13-23)19-21-17-22-10-7-8-11-24(22)27-18-21/h7-8,10-15,17-18H,2-6,9,16,19-20H2,1H3. The van der Waals surface area contributed by atoms with Crippen LogP contribution in [0.1, 0.15) is 51.0 Å². The number of para-hydroxylation sites is 1. The first-order valence-electron chi connectivity index (χ1n) is 10.9. The predicted molar refractivity (Wildman–Crippen MR) is 125 cm³/mol. The predicted octanol–water partition coefficient (Wildman–Crippen LogP) is 6.11. The quantitative estimate of drug-likeness (QED) is 0.261. The van der Waals surface area contributed by atoms with Crippen LogP contribution in [0, 0.1) is 0 Å². The van der Waals surface area contributed by atoms with Crippen LogP contribution in [0.25, 0.3) is 10.9 Å². The van der Waals surface area contributed by atoms with Crippen molar-refractivity contribution in [3.8, 4) is 0 Å². The average molecular weight is 422 g/mol. The summed E-state index contributed by atoms with van der Waals surface area (Å²) in [5.74, 6) is 0.624. The lowest BCUT2D eigenvalue weighted by Gasteiger charge is -2.23. The number of carbonyl (C=O) groups is 1. The number of rotatable bonds is 12. The van der Waals surface area contributed by atoms with E-state index in [2.05, 4.69) is 29.0 Å². The smallest absolute Gasteiger partial charge is 0.233 e. The summed E-state index contributed by atoms with van der Waals surface area (Å²) >= 11 is 1.57. The van der Waals surface area contributed by atoms with Crippen LogP contribution in [-0.2, 0) is 11.3 Å². The number of unbranched alkanes of at least 4 members (excludes halogenated alkanes) is 5. The molecule has 3 rings (SSSR count). The van der Waals surface area contributed by atoms with Gasteiger partial charge in [0.1, 0.15) is 0 Å². The summed E-state index contributed by atoms with van der Waals surface area (Å²) in [6.45, 7) is 3.65. The third-order valence-corrected chi connectivity index (χ3v) is 6.16. The van der Waals surface area contributed by atoms with Gasteiger partial charge in [-0.2, -0.15) is 0 Å². The van der Waals surface area contributed by atoms with Crippen LogP contribution >= 0.6 is 11.8 Å². The summed E-state index contributed by atoms with van der Waals surface area (Å²) < 4.78 is 0. The van der Waals surface area contributed by atoms with Crippen LogP contribution in [0.2, 0.25) is 0 Å². The summed E-state index contributed by atoms with van der Waals surface area (Å²) in [7, 11) is 0. The summed E-state index contributed by atoms with van der Waals surface area (Å²) in [5, 5.41) is 1.12. The molecule has 1 amide bonds. The Morgan fingerprint density at radius 2 is 1.77 bits per heavy atom. The molecule has 2 aromatic heterocycles. The maximum absolute atomic E-state index is 13.0. The fourth-order valence-electron chi connectivity index (χ4n) is 3.47. The highest BCUT2D eigenvalue weighted by molar-refractivity contribution is 8.00. The van der Waals surface area contributed by atoms with Crippen molar-refractivity contribution >= 4 is 28.6 Å². The molecule has 4 nitrogen and oxygen atoms in total. The minimum Gasteiger partial charge on any atom is -0.338 e. The van der Waals surface area contributed by atoms with Crippen molar-refractivity contribution < 1.29 is 4.79 Å². The molecule has 0 N–H and O–H groups in total. The van der Waals surface area contributed by atoms with Crippen LogP contribution in [0.4, 0.5) is 0 Å². The summed E-state index contributed by atoms with van der Waals surface area (Å²) in [6, 6.07) is 14.2. The zero-order valence-electron chi connectivity index (χ0n) is 17.8. The summed E-state index contributed by atoms with van der Waals surface area (Å²) in [4.78, 5) is 24.7. The molecule has 0 saturated heterocycles. The van der Waals surface area contributed by atoms with Gasteiger partial charge in [0.15, 0.2) is 0 Å². The number of benzene rings is 1. The van der Waals surface area contributed by atoms with Gasteiger partial charge < -0.3 is 4.90 Å². The highest BCUT2D eigenvalue weighted by Gasteiger charge is 2.15. The first kappa shape index (κ1) is 22.3. The molecule has 1 aromatic carbocycles. The maximum atomic E-state index is 13.0. The number of thioether (sulfide) groups is 1. The van der Waals surface area contributed by atoms with Crippen molar-refractivity contribution in [2.24, 2.45) is 0 Å². The number of hydrogen-bond donors (Lipinski definition) is 0. The Labute approximate surface area is 184 Å². The van der Waals surface area contributed by atoms with Crippen LogP contribution in [0.3, 0.4) is 0 Å². The van der Waals surface area contributed by atoms with E-state index in [1.165, 1.54) is 32.1 Å². The fourth-order valence-corrected chi connectivity index (χ4v) is 4.26. The molecule has 0 spiro atoms. The average Bonchev–Trinajstić information content (AvgIpc) is 2.79. The van der Waals surface area contributed by atoms with E-state index >= 15 is 0 Å². The molecule has 2 heterocycles. The van der Waals surface area contributed by atoms with Gasteiger partial charge in [-0.25, -0.2) is 0 Å². The lowest BCUT2D eigenvalue weighted by Crippen LogP contribution is -2.33. The van der Waals surface area contributed by atoms with Crippen molar-refractivity contribution in [3.05, 3.63) is 66.6 Å². The molecule has 0 atom stereocenters. The number of aromatic nitrogens is 2. The zero-order valence-corrected chi connectivity index (χ0v) is 18.6. The van der Waals surface area contributed by atoms with E-state index in [-0.39, 0.29) is 5.91 Å². The molecular weight excluding hydrogens is 390 g/mol. The SMILES string of the molecule is CCCCCCCCN(Cc1cnc2ccccc2c1)C(=O)CSc1ccncc1. The van der Waals surface area contributed by atoms with Gasteiger partial charge in [0.25, 0.3) is 0 Å². The van der Waals surface area contributed by atoms with Crippen molar-refractivity contribution in [1.29, 1.82) is 0 Å². The van der Waals surface area contributed by atoms with Crippen LogP contribution in [-0.4, -0.2) is 33.1 Å². The van der Waals surface area contributed by atoms with Gasteiger partial charge in [0.05, 0.1) is 11.3 Å². The van der Waals surface area contributed by atoms with E-state index in [1.807, 2.05) is 41.4 Å². The highest BCUT2D eigenvalue weighted by atomic mass is 32.2. The second-order valence-corrected chi connectivity index (χ2v) is 8.64. The first-order valence-corrected chi connectivity index (χ1v) is 11.9. The molecule has 30 heavy (non-hydrogen) atoms. The number of fused-ring (bicyclic) bond motifs is 1. The van der Waals surface area contributed by atoms with Gasteiger partial charge in [-0.05, 0) is 36.2 Å². The summed E-state index contributed by atoms with van der Waals surface area (Å²) in [6.07, 6.45) is 12.8. The number of amides is 1. The van der Waals surface area contributed by atoms with E-state index in [0.29, 0.717) is 12.3 Å². The molecule has 0 fully saturated rings. The fraction of sp³-hybridized carbons (Fsp3) is 0.400. The van der Waals surface area contributed by atoms with Gasteiger partial charge >= 0.3 is 0 Å². The van der Waals surface area contributed by atoms with Gasteiger partial charge in [-0.15, -0.1) is 11.8 Å². The molecular formula is C25H31N3OS. The van der Waals surface area contributed by atoms with E-state index < -0.39 is 0 Å². The third kappa shape index (κ3) is 7.13. The molecule has 5 heteroatoms. The number of hydrogen-bond acceptors (Lipinski definition) is 4. The van der Waals surface area contributed by atoms with Gasteiger partial charge in [0.2, 0.25) is 5.91 Å². The second kappa shape index (κ2) is 12.3. The van der Waals surface area contributed by atoms with E-state index in [1.54, 1.807) is 24.2 Å². The lowest BCUT2D eigenvalue weighted by atomic mass is 10.1. The number of carbonyl (C=O) groups excluding carboxylic acids is 1. The number of pyridine rings is 2. The highest BCUT2D eigenvalue weighted by Crippen LogP contribution is 2.19. The molecule has 0 aliphatic heterocycles. The molecule has 0 unspecified atom stereocenters. The second-order valence-electron chi connectivity index (χ2n) is 7.59. The van der Waals surface area contributed by atoms with Gasteiger partial charge in [-0.3, -0.25) is 14.8 Å². The molecule has 0 radical (unpaired) electrons. The van der Waals surface area contributed by atoms with Gasteiger partial charge in [-0.1, -0.05) is 57.2 Å². The Morgan fingerprint density at radius 3 is 2.60 bits per heavy atom. The molecule has 0 bridgehead atoms. The van der Waals surface area contributed by atoms with Crippen molar-refractivity contribution in [1.82, 2.24) is 14.9 Å². The Hall–Kier alpha value is -2.40. The Kier molecular flexibility index (Phi) is 9.16. The third-order valence-electron chi connectivity index (χ3n) is 5.17. The largest absolute Gasteiger partial charge is 0.338 e. The van der Waals surface area contributed by atoms with Crippen LogP contribution in [0.5, 0.6) is 0 Å². The van der Waals surface area contributed by atoms with Crippen LogP contribution in [0.15, 0.2) is 66.0 Å². The summed E-state index contributed by atoms with van der Waals surface area (Å²) in [5.41, 5.74) is 2.07. The Bertz CT molecular complexity index is 916. The molecule has 0 saturated carbocycles. The van der Waals surface area contributed by atoms with Crippen molar-refractivity contribution in [3.63, 3.8) is 0 Å². The van der Waals surface area contributed by atoms with Crippen molar-refractivity contribution in [2.45, 2.75) is 56.9 Å². The topological polar surface area (TPSA) is 46.1 Å². The van der Waals surface area contributed by atoms with Gasteiger partial charge in [0, 0.05) is 42.0 Å². The molecule has 3 aromatic rings. The van der Waals surface area contributed by atoms with Crippen LogP contribution < -0.4 is 0 Å². The monoisotopic (exact) mass is 421 g/mol. The molecule has 0 aliphatic carbocycles.